The lowest BCUT2D eigenvalue weighted by atomic mass is 10.2. The van der Waals surface area contributed by atoms with Gasteiger partial charge in [0.05, 0.1) is 18.9 Å². The molecule has 1 aromatic heterocycles. The summed E-state index contributed by atoms with van der Waals surface area (Å²) in [5, 5.41) is 27.1. The maximum absolute atomic E-state index is 9.10. The minimum Gasteiger partial charge on any atom is -0.399 e. The van der Waals surface area contributed by atoms with E-state index >= 15 is 0 Å². The smallest absolute Gasteiger partial charge is 0.115 e. The molecule has 7 nitrogen and oxygen atoms in total. The van der Waals surface area contributed by atoms with E-state index in [0.29, 0.717) is 18.8 Å². The number of aliphatic hydroxyl groups is 2. The first-order chi connectivity index (χ1) is 11.2. The summed E-state index contributed by atoms with van der Waals surface area (Å²) in [6, 6.07) is 13.1. The lowest BCUT2D eigenvalue weighted by Gasteiger charge is -2.22. The molecule has 0 radical (unpaired) electrons. The number of nitrogen functional groups attached to an aromatic ring is 1. The normalized spacial score (nSPS) is 11.0. The van der Waals surface area contributed by atoms with E-state index in [2.05, 4.69) is 10.2 Å². The predicted molar refractivity (Wildman–Crippen MR) is 89.7 cm³/mol. The number of aromatic nitrogens is 3. The second-order valence-corrected chi connectivity index (χ2v) is 5.19. The highest BCUT2D eigenvalue weighted by atomic mass is 16.3. The van der Waals surface area contributed by atoms with Crippen LogP contribution in [-0.4, -0.2) is 51.5 Å². The summed E-state index contributed by atoms with van der Waals surface area (Å²) in [4.78, 5) is 3.48. The Morgan fingerprint density at radius 3 is 2.22 bits per heavy atom. The fraction of sp³-hybridized carbons (Fsp3) is 0.250. The Hall–Kier alpha value is -2.64. The summed E-state index contributed by atoms with van der Waals surface area (Å²) >= 11 is 0. The molecule has 0 spiro atoms. The van der Waals surface area contributed by atoms with Crippen LogP contribution in [0, 0.1) is 0 Å². The molecule has 0 fully saturated rings. The van der Waals surface area contributed by atoms with Crippen molar-refractivity contribution in [2.24, 2.45) is 0 Å². The molecule has 0 saturated heterocycles. The van der Waals surface area contributed by atoms with Gasteiger partial charge in [-0.15, -0.1) is 10.2 Å². The number of rotatable bonds is 6. The molecule has 3 rings (SSSR count). The van der Waals surface area contributed by atoms with Gasteiger partial charge in [-0.2, -0.15) is 4.80 Å². The molecule has 0 amide bonds. The van der Waals surface area contributed by atoms with Crippen LogP contribution in [0.25, 0.3) is 16.7 Å². The van der Waals surface area contributed by atoms with Crippen molar-refractivity contribution in [3.63, 3.8) is 0 Å². The largest absolute Gasteiger partial charge is 0.399 e. The van der Waals surface area contributed by atoms with E-state index in [1.165, 1.54) is 0 Å². The molecular formula is C16H19N5O2. The van der Waals surface area contributed by atoms with Gasteiger partial charge in [0, 0.05) is 24.5 Å². The van der Waals surface area contributed by atoms with E-state index in [1.807, 2.05) is 35.2 Å². The van der Waals surface area contributed by atoms with E-state index < -0.39 is 0 Å². The van der Waals surface area contributed by atoms with Crippen LogP contribution in [0.4, 0.5) is 11.4 Å². The summed E-state index contributed by atoms with van der Waals surface area (Å²) in [6.07, 6.45) is 0. The number of aliphatic hydroxyl groups excluding tert-OH is 2. The first-order valence-corrected chi connectivity index (χ1v) is 7.41. The van der Waals surface area contributed by atoms with Crippen LogP contribution >= 0.6 is 0 Å². The Labute approximate surface area is 133 Å². The second-order valence-electron chi connectivity index (χ2n) is 5.19. The number of hydrogen-bond acceptors (Lipinski definition) is 6. The SMILES string of the molecule is Nc1ccc2nn(-c3ccc(N(CCO)CCO)cc3)nc2c1. The van der Waals surface area contributed by atoms with E-state index in [-0.39, 0.29) is 13.2 Å². The van der Waals surface area contributed by atoms with Gasteiger partial charge in [0.2, 0.25) is 0 Å². The minimum atomic E-state index is 0.0370. The van der Waals surface area contributed by atoms with Crippen molar-refractivity contribution in [3.05, 3.63) is 42.5 Å². The molecule has 2 aromatic carbocycles. The summed E-state index contributed by atoms with van der Waals surface area (Å²) in [7, 11) is 0. The van der Waals surface area contributed by atoms with Crippen molar-refractivity contribution in [1.29, 1.82) is 0 Å². The summed E-state index contributed by atoms with van der Waals surface area (Å²) in [6.45, 7) is 1.02. The van der Waals surface area contributed by atoms with Gasteiger partial charge in [0.15, 0.2) is 0 Å². The van der Waals surface area contributed by atoms with Gasteiger partial charge < -0.3 is 20.8 Å². The van der Waals surface area contributed by atoms with Gasteiger partial charge in [-0.25, -0.2) is 0 Å². The van der Waals surface area contributed by atoms with Gasteiger partial charge in [0.25, 0.3) is 0 Å². The van der Waals surface area contributed by atoms with Crippen LogP contribution < -0.4 is 10.6 Å². The summed E-state index contributed by atoms with van der Waals surface area (Å²) < 4.78 is 0. The number of benzene rings is 2. The Morgan fingerprint density at radius 1 is 0.913 bits per heavy atom. The molecular weight excluding hydrogens is 294 g/mol. The molecule has 7 heteroatoms. The standard InChI is InChI=1S/C16H19N5O2/c17-12-1-6-15-16(11-12)19-21(18-15)14-4-2-13(3-5-14)20(7-9-22)8-10-23/h1-6,11,22-23H,7-10,17H2. The Morgan fingerprint density at radius 2 is 1.57 bits per heavy atom. The molecule has 4 N–H and O–H groups in total. The fourth-order valence-corrected chi connectivity index (χ4v) is 2.46. The molecule has 0 aliphatic carbocycles. The molecule has 0 aliphatic heterocycles. The lowest BCUT2D eigenvalue weighted by molar-refractivity contribution is 0.281. The summed E-state index contributed by atoms with van der Waals surface area (Å²) in [5.74, 6) is 0. The highest BCUT2D eigenvalue weighted by Gasteiger charge is 2.08. The highest BCUT2D eigenvalue weighted by molar-refractivity contribution is 5.77. The molecule has 0 aliphatic rings. The topological polar surface area (TPSA) is 100 Å². The number of anilines is 2. The fourth-order valence-electron chi connectivity index (χ4n) is 2.46. The first-order valence-electron chi connectivity index (χ1n) is 7.41. The van der Waals surface area contributed by atoms with Gasteiger partial charge in [-0.05, 0) is 42.5 Å². The first kappa shape index (κ1) is 15.3. The average Bonchev–Trinajstić information content (AvgIpc) is 2.98. The van der Waals surface area contributed by atoms with E-state index in [0.717, 1.165) is 22.4 Å². The third kappa shape index (κ3) is 3.25. The van der Waals surface area contributed by atoms with Crippen molar-refractivity contribution in [2.45, 2.75) is 0 Å². The van der Waals surface area contributed by atoms with Gasteiger partial charge in [0.1, 0.15) is 11.0 Å². The molecule has 0 bridgehead atoms. The number of hydrogen-bond donors (Lipinski definition) is 3. The van der Waals surface area contributed by atoms with Crippen molar-refractivity contribution >= 4 is 22.4 Å². The van der Waals surface area contributed by atoms with Crippen LogP contribution in [-0.2, 0) is 0 Å². The zero-order valence-electron chi connectivity index (χ0n) is 12.6. The van der Waals surface area contributed by atoms with Crippen molar-refractivity contribution in [1.82, 2.24) is 15.0 Å². The zero-order chi connectivity index (χ0) is 16.2. The van der Waals surface area contributed by atoms with E-state index in [4.69, 9.17) is 15.9 Å². The van der Waals surface area contributed by atoms with Crippen molar-refractivity contribution in [2.75, 3.05) is 36.9 Å². The molecule has 1 heterocycles. The molecule has 3 aromatic rings. The Balaban J connectivity index is 1.88. The molecule has 0 saturated carbocycles. The molecule has 120 valence electrons. The quantitative estimate of drug-likeness (QED) is 0.582. The highest BCUT2D eigenvalue weighted by Crippen LogP contribution is 2.19. The monoisotopic (exact) mass is 313 g/mol. The van der Waals surface area contributed by atoms with Crippen LogP contribution in [0.2, 0.25) is 0 Å². The Bertz CT molecular complexity index is 779. The van der Waals surface area contributed by atoms with Gasteiger partial charge in [-0.3, -0.25) is 0 Å². The van der Waals surface area contributed by atoms with Crippen molar-refractivity contribution in [3.8, 4) is 5.69 Å². The molecule has 23 heavy (non-hydrogen) atoms. The number of nitrogens with zero attached hydrogens (tertiary/aromatic N) is 4. The zero-order valence-corrected chi connectivity index (χ0v) is 12.6. The maximum Gasteiger partial charge on any atom is 0.115 e. The van der Waals surface area contributed by atoms with Gasteiger partial charge in [-0.1, -0.05) is 0 Å². The third-order valence-electron chi connectivity index (χ3n) is 3.59. The number of nitrogens with two attached hydrogens (primary N) is 1. The van der Waals surface area contributed by atoms with Crippen LogP contribution in [0.1, 0.15) is 0 Å². The minimum absolute atomic E-state index is 0.0370. The van der Waals surface area contributed by atoms with E-state index in [9.17, 15) is 0 Å². The molecule has 0 atom stereocenters. The lowest BCUT2D eigenvalue weighted by Crippen LogP contribution is -2.29. The predicted octanol–water partition coefficient (Wildman–Crippen LogP) is 0.794. The third-order valence-corrected chi connectivity index (χ3v) is 3.59. The van der Waals surface area contributed by atoms with Crippen LogP contribution in [0.3, 0.4) is 0 Å². The Kier molecular flexibility index (Phi) is 4.40. The summed E-state index contributed by atoms with van der Waals surface area (Å²) in [5.41, 5.74) is 9.70. The van der Waals surface area contributed by atoms with Crippen LogP contribution in [0.5, 0.6) is 0 Å². The second kappa shape index (κ2) is 6.64. The molecule has 0 unspecified atom stereocenters. The van der Waals surface area contributed by atoms with E-state index in [1.54, 1.807) is 16.9 Å². The maximum atomic E-state index is 9.10. The average molecular weight is 313 g/mol. The van der Waals surface area contributed by atoms with Crippen molar-refractivity contribution < 1.29 is 10.2 Å². The van der Waals surface area contributed by atoms with Crippen LogP contribution in [0.15, 0.2) is 42.5 Å². The van der Waals surface area contributed by atoms with Gasteiger partial charge >= 0.3 is 0 Å². The number of fused-ring (bicyclic) bond motifs is 1.